The van der Waals surface area contributed by atoms with Crippen LogP contribution >= 0.6 is 0 Å². The highest BCUT2D eigenvalue weighted by Crippen LogP contribution is 2.37. The number of morpholine rings is 1. The molecule has 0 bridgehead atoms. The third kappa shape index (κ3) is 5.21. The number of rotatable bonds is 5. The van der Waals surface area contributed by atoms with Gasteiger partial charge < -0.3 is 19.1 Å². The molecule has 1 aliphatic carbocycles. The molecular weight excluding hydrogens is 476 g/mol. The van der Waals surface area contributed by atoms with Crippen LogP contribution in [0.5, 0.6) is 0 Å². The highest BCUT2D eigenvalue weighted by atomic mass is 16.5. The van der Waals surface area contributed by atoms with E-state index in [1.54, 1.807) is 6.20 Å². The Bertz CT molecular complexity index is 1260. The molecule has 2 saturated heterocycles. The van der Waals surface area contributed by atoms with Crippen LogP contribution in [-0.2, 0) is 11.3 Å². The maximum Gasteiger partial charge on any atom is 0.257 e. The van der Waals surface area contributed by atoms with E-state index in [1.807, 2.05) is 34.2 Å². The van der Waals surface area contributed by atoms with Crippen molar-refractivity contribution in [3.63, 3.8) is 0 Å². The molecule has 2 aromatic heterocycles. The minimum Gasteiger partial charge on any atom is -0.378 e. The Balaban J connectivity index is 1.09. The Morgan fingerprint density at radius 3 is 2.29 bits per heavy atom. The number of hydrogen-bond acceptors (Lipinski definition) is 4. The fourth-order valence-electron chi connectivity index (χ4n) is 6.50. The number of benzene rings is 1. The van der Waals surface area contributed by atoms with Crippen LogP contribution in [0.4, 0.5) is 0 Å². The number of carbonyl (C=O) groups excluding carboxylic acids is 2. The first-order valence-electron chi connectivity index (χ1n) is 14.4. The van der Waals surface area contributed by atoms with Crippen molar-refractivity contribution < 1.29 is 14.3 Å². The van der Waals surface area contributed by atoms with E-state index in [2.05, 4.69) is 27.8 Å². The van der Waals surface area contributed by atoms with E-state index in [4.69, 9.17) is 4.74 Å². The largest absolute Gasteiger partial charge is 0.378 e. The first-order valence-corrected chi connectivity index (χ1v) is 14.4. The van der Waals surface area contributed by atoms with Gasteiger partial charge in [0.25, 0.3) is 11.8 Å². The minimum absolute atomic E-state index is 0.0571. The molecule has 0 atom stereocenters. The smallest absolute Gasteiger partial charge is 0.257 e. The van der Waals surface area contributed by atoms with Gasteiger partial charge in [0.1, 0.15) is 5.52 Å². The second-order valence-electron chi connectivity index (χ2n) is 11.2. The fraction of sp³-hybridized carbons (Fsp3) is 0.516. The maximum absolute atomic E-state index is 13.3. The van der Waals surface area contributed by atoms with Gasteiger partial charge in [0.2, 0.25) is 0 Å². The summed E-state index contributed by atoms with van der Waals surface area (Å²) in [5.41, 5.74) is 4.72. The minimum atomic E-state index is 0.0571. The summed E-state index contributed by atoms with van der Waals surface area (Å²) in [6, 6.07) is 12.5. The number of fused-ring (bicyclic) bond motifs is 1. The zero-order chi connectivity index (χ0) is 25.9. The number of likely N-dealkylation sites (tertiary alicyclic amines) is 1. The zero-order valence-electron chi connectivity index (χ0n) is 22.2. The molecule has 3 aliphatic rings. The number of amides is 2. The SMILES string of the molecule is O=C(c1ccc(C2CCC(Cn3cc(C(=O)N4CCOCC4)c4ncccc43)CC2)cc1)N1CCCCC1. The van der Waals surface area contributed by atoms with Crippen LogP contribution in [0.1, 0.15) is 77.1 Å². The quantitative estimate of drug-likeness (QED) is 0.475. The average molecular weight is 515 g/mol. The van der Waals surface area contributed by atoms with Gasteiger partial charge in [-0.3, -0.25) is 14.6 Å². The normalized spacial score (nSPS) is 22.5. The summed E-state index contributed by atoms with van der Waals surface area (Å²) in [5.74, 6) is 1.36. The summed E-state index contributed by atoms with van der Waals surface area (Å²) in [6.45, 7) is 5.15. The van der Waals surface area contributed by atoms with Crippen LogP contribution in [0.2, 0.25) is 0 Å². The van der Waals surface area contributed by atoms with Gasteiger partial charge in [0.15, 0.2) is 0 Å². The lowest BCUT2D eigenvalue weighted by molar-refractivity contribution is 0.0304. The van der Waals surface area contributed by atoms with Crippen LogP contribution in [0.3, 0.4) is 0 Å². The number of hydrogen-bond donors (Lipinski definition) is 0. The van der Waals surface area contributed by atoms with Crippen molar-refractivity contribution in [1.29, 1.82) is 0 Å². The number of ether oxygens (including phenoxy) is 1. The first kappa shape index (κ1) is 25.1. The summed E-state index contributed by atoms with van der Waals surface area (Å²) < 4.78 is 7.68. The molecular formula is C31H38N4O3. The molecule has 7 heteroatoms. The van der Waals surface area contributed by atoms with E-state index in [1.165, 1.54) is 12.0 Å². The predicted octanol–water partition coefficient (Wildman–Crippen LogP) is 5.11. The van der Waals surface area contributed by atoms with Gasteiger partial charge in [-0.25, -0.2) is 0 Å². The van der Waals surface area contributed by atoms with Crippen LogP contribution in [0.25, 0.3) is 11.0 Å². The van der Waals surface area contributed by atoms with Crippen molar-refractivity contribution >= 4 is 22.8 Å². The van der Waals surface area contributed by atoms with Crippen molar-refractivity contribution in [2.45, 2.75) is 57.4 Å². The monoisotopic (exact) mass is 514 g/mol. The molecule has 4 heterocycles. The van der Waals surface area contributed by atoms with Crippen molar-refractivity contribution in [3.8, 4) is 0 Å². The highest BCUT2D eigenvalue weighted by molar-refractivity contribution is 6.05. The summed E-state index contributed by atoms with van der Waals surface area (Å²) >= 11 is 0. The van der Waals surface area contributed by atoms with Gasteiger partial charge in [-0.2, -0.15) is 0 Å². The van der Waals surface area contributed by atoms with Crippen LogP contribution in [0, 0.1) is 5.92 Å². The van der Waals surface area contributed by atoms with E-state index in [0.29, 0.717) is 43.7 Å². The van der Waals surface area contributed by atoms with Gasteiger partial charge >= 0.3 is 0 Å². The summed E-state index contributed by atoms with van der Waals surface area (Å²) in [4.78, 5) is 34.6. The maximum atomic E-state index is 13.3. The van der Waals surface area contributed by atoms with Crippen molar-refractivity contribution in [1.82, 2.24) is 19.4 Å². The third-order valence-electron chi connectivity index (χ3n) is 8.74. The lowest BCUT2D eigenvalue weighted by Crippen LogP contribution is -2.40. The Labute approximate surface area is 224 Å². The lowest BCUT2D eigenvalue weighted by atomic mass is 9.78. The number of nitrogens with zero attached hydrogens (tertiary/aromatic N) is 4. The molecule has 1 aromatic carbocycles. The van der Waals surface area contributed by atoms with Crippen LogP contribution in [0.15, 0.2) is 48.8 Å². The van der Waals surface area contributed by atoms with Gasteiger partial charge in [0.05, 0.1) is 24.3 Å². The van der Waals surface area contributed by atoms with E-state index >= 15 is 0 Å². The number of aromatic nitrogens is 2. The zero-order valence-corrected chi connectivity index (χ0v) is 22.2. The highest BCUT2D eigenvalue weighted by Gasteiger charge is 2.27. The Morgan fingerprint density at radius 2 is 1.55 bits per heavy atom. The molecule has 3 aromatic rings. The number of pyridine rings is 1. The van der Waals surface area contributed by atoms with E-state index in [0.717, 1.165) is 74.8 Å². The summed E-state index contributed by atoms with van der Waals surface area (Å²) in [7, 11) is 0. The molecule has 200 valence electrons. The average Bonchev–Trinajstić information content (AvgIpc) is 3.36. The molecule has 2 aliphatic heterocycles. The van der Waals surface area contributed by atoms with Crippen molar-refractivity contribution in [2.24, 2.45) is 5.92 Å². The third-order valence-corrected chi connectivity index (χ3v) is 8.74. The second-order valence-corrected chi connectivity index (χ2v) is 11.2. The first-order chi connectivity index (χ1) is 18.7. The van der Waals surface area contributed by atoms with Crippen molar-refractivity contribution in [2.75, 3.05) is 39.4 Å². The van der Waals surface area contributed by atoms with Gasteiger partial charge in [-0.1, -0.05) is 12.1 Å². The topological polar surface area (TPSA) is 67.7 Å². The number of piperidine rings is 1. The van der Waals surface area contributed by atoms with Gasteiger partial charge in [-0.05, 0) is 86.6 Å². The second kappa shape index (κ2) is 11.3. The van der Waals surface area contributed by atoms with Gasteiger partial charge in [0, 0.05) is 50.7 Å². The predicted molar refractivity (Wildman–Crippen MR) is 147 cm³/mol. The lowest BCUT2D eigenvalue weighted by Gasteiger charge is -2.30. The van der Waals surface area contributed by atoms with E-state index < -0.39 is 0 Å². The molecule has 0 unspecified atom stereocenters. The molecule has 2 amide bonds. The van der Waals surface area contributed by atoms with Crippen LogP contribution < -0.4 is 0 Å². The molecule has 6 rings (SSSR count). The Kier molecular flexibility index (Phi) is 7.45. The summed E-state index contributed by atoms with van der Waals surface area (Å²) in [5, 5.41) is 0. The Morgan fingerprint density at radius 1 is 0.842 bits per heavy atom. The van der Waals surface area contributed by atoms with E-state index in [-0.39, 0.29) is 11.8 Å². The molecule has 7 nitrogen and oxygen atoms in total. The molecule has 1 saturated carbocycles. The Hall–Kier alpha value is -3.19. The van der Waals surface area contributed by atoms with Crippen molar-refractivity contribution in [3.05, 3.63) is 65.5 Å². The van der Waals surface area contributed by atoms with Gasteiger partial charge in [-0.15, -0.1) is 0 Å². The van der Waals surface area contributed by atoms with E-state index in [9.17, 15) is 9.59 Å². The summed E-state index contributed by atoms with van der Waals surface area (Å²) in [6.07, 6.45) is 11.9. The molecule has 0 N–H and O–H groups in total. The fourth-order valence-corrected chi connectivity index (χ4v) is 6.50. The standard InChI is InChI=1S/C31H38N4O3/c36-30(33-15-2-1-3-16-33)26-12-10-25(11-13-26)24-8-6-23(7-9-24)21-35-22-27(29-28(35)5-4-14-32-29)31(37)34-17-19-38-20-18-34/h4-5,10-14,22-24H,1-3,6-9,15-21H2. The molecule has 38 heavy (non-hydrogen) atoms. The van der Waals surface area contributed by atoms with Crippen LogP contribution in [-0.4, -0.2) is 70.6 Å². The molecule has 0 spiro atoms. The molecule has 3 fully saturated rings. The molecule has 0 radical (unpaired) electrons. The number of carbonyl (C=O) groups is 2.